The van der Waals surface area contributed by atoms with Gasteiger partial charge in [-0.05, 0) is 43.2 Å². The Morgan fingerprint density at radius 1 is 1.00 bits per heavy atom. The lowest BCUT2D eigenvalue weighted by Gasteiger charge is -2.20. The molecule has 6 nitrogen and oxygen atoms in total. The maximum atomic E-state index is 12.1. The third-order valence-electron chi connectivity index (χ3n) is 4.53. The van der Waals surface area contributed by atoms with Crippen LogP contribution in [0, 0.1) is 0 Å². The highest BCUT2D eigenvalue weighted by molar-refractivity contribution is 14.0. The average molecular weight is 523 g/mol. The van der Waals surface area contributed by atoms with Crippen molar-refractivity contribution in [1.82, 2.24) is 15.5 Å². The van der Waals surface area contributed by atoms with Gasteiger partial charge in [-0.15, -0.1) is 24.0 Å². The van der Waals surface area contributed by atoms with E-state index in [0.29, 0.717) is 12.1 Å². The van der Waals surface area contributed by atoms with E-state index < -0.39 is 0 Å². The van der Waals surface area contributed by atoms with Crippen molar-refractivity contribution in [3.8, 4) is 0 Å². The van der Waals surface area contributed by atoms with E-state index in [2.05, 4.69) is 46.6 Å². The van der Waals surface area contributed by atoms with E-state index in [9.17, 15) is 4.79 Å². The summed E-state index contributed by atoms with van der Waals surface area (Å²) in [6, 6.07) is 18.1. The first-order chi connectivity index (χ1) is 14.0. The first-order valence-corrected chi connectivity index (χ1v) is 10.1. The van der Waals surface area contributed by atoms with Crippen molar-refractivity contribution in [1.29, 1.82) is 0 Å². The maximum absolute atomic E-state index is 12.1. The van der Waals surface area contributed by atoms with Gasteiger partial charge in [-0.3, -0.25) is 9.79 Å². The van der Waals surface area contributed by atoms with Crippen molar-refractivity contribution in [2.24, 2.45) is 4.99 Å². The van der Waals surface area contributed by atoms with Gasteiger partial charge in [-0.25, -0.2) is 0 Å². The van der Waals surface area contributed by atoms with E-state index in [4.69, 9.17) is 0 Å². The first kappa shape index (κ1) is 25.7. The summed E-state index contributed by atoms with van der Waals surface area (Å²) < 4.78 is 0. The van der Waals surface area contributed by atoms with Crippen LogP contribution >= 0.6 is 24.0 Å². The fraction of sp³-hybridized carbons (Fsp3) is 0.391. The van der Waals surface area contributed by atoms with E-state index >= 15 is 0 Å². The minimum atomic E-state index is 0. The van der Waals surface area contributed by atoms with Crippen LogP contribution < -0.4 is 15.5 Å². The summed E-state index contributed by atoms with van der Waals surface area (Å²) in [6.45, 7) is 5.20. The molecule has 2 N–H and O–H groups in total. The Morgan fingerprint density at radius 3 is 2.40 bits per heavy atom. The number of carbonyl (C=O) groups is 1. The number of nitrogens with zero attached hydrogens (tertiary/aromatic N) is 3. The van der Waals surface area contributed by atoms with Gasteiger partial charge < -0.3 is 20.4 Å². The fourth-order valence-electron chi connectivity index (χ4n) is 2.91. The summed E-state index contributed by atoms with van der Waals surface area (Å²) in [5.74, 6) is 0.836. The molecule has 0 atom stereocenters. The third kappa shape index (κ3) is 8.61. The fourth-order valence-corrected chi connectivity index (χ4v) is 2.91. The van der Waals surface area contributed by atoms with Crippen LogP contribution in [0.4, 0.5) is 5.69 Å². The van der Waals surface area contributed by atoms with Gasteiger partial charge in [-0.1, -0.05) is 30.3 Å². The van der Waals surface area contributed by atoms with E-state index in [-0.39, 0.29) is 29.9 Å². The molecule has 2 aromatic rings. The van der Waals surface area contributed by atoms with E-state index in [1.54, 1.807) is 19.0 Å². The van der Waals surface area contributed by atoms with Crippen molar-refractivity contribution in [2.45, 2.75) is 13.3 Å². The summed E-state index contributed by atoms with van der Waals surface area (Å²) in [7, 11) is 5.62. The lowest BCUT2D eigenvalue weighted by atomic mass is 10.1. The van der Waals surface area contributed by atoms with Crippen molar-refractivity contribution < 1.29 is 4.79 Å². The molecule has 7 heteroatoms. The first-order valence-electron chi connectivity index (χ1n) is 10.1. The van der Waals surface area contributed by atoms with E-state index in [1.165, 1.54) is 5.69 Å². The van der Waals surface area contributed by atoms with Gasteiger partial charge in [0.1, 0.15) is 0 Å². The smallest absolute Gasteiger partial charge is 0.253 e. The topological polar surface area (TPSA) is 60.0 Å². The summed E-state index contributed by atoms with van der Waals surface area (Å²) in [5.41, 5.74) is 3.02. The molecule has 2 rings (SSSR count). The molecular formula is C23H34IN5O. The number of hydrogen-bond acceptors (Lipinski definition) is 3. The number of para-hydroxylation sites is 1. The second-order valence-corrected chi connectivity index (χ2v) is 7.09. The second kappa shape index (κ2) is 13.8. The molecule has 164 valence electrons. The zero-order chi connectivity index (χ0) is 21.1. The Kier molecular flexibility index (Phi) is 11.9. The van der Waals surface area contributed by atoms with Crippen LogP contribution in [0.3, 0.4) is 0 Å². The minimum Gasteiger partial charge on any atom is -0.373 e. The number of benzene rings is 2. The van der Waals surface area contributed by atoms with Gasteiger partial charge >= 0.3 is 0 Å². The molecule has 30 heavy (non-hydrogen) atoms. The lowest BCUT2D eigenvalue weighted by Crippen LogP contribution is -2.41. The Labute approximate surface area is 197 Å². The molecule has 2 aromatic carbocycles. The van der Waals surface area contributed by atoms with Crippen LogP contribution in [0.15, 0.2) is 59.6 Å². The molecule has 0 spiro atoms. The predicted molar refractivity (Wildman–Crippen MR) is 137 cm³/mol. The Bertz CT molecular complexity index is 795. The minimum absolute atomic E-state index is 0. The lowest BCUT2D eigenvalue weighted by molar-refractivity contribution is 0.0827. The number of anilines is 1. The normalized spacial score (nSPS) is 10.7. The quantitative estimate of drug-likeness (QED) is 0.301. The average Bonchev–Trinajstić information content (AvgIpc) is 2.74. The third-order valence-corrected chi connectivity index (χ3v) is 4.53. The number of aliphatic imine (C=N–C) groups is 1. The van der Waals surface area contributed by atoms with Gasteiger partial charge in [0.2, 0.25) is 0 Å². The molecule has 0 bridgehead atoms. The van der Waals surface area contributed by atoms with Gasteiger partial charge in [0, 0.05) is 58.6 Å². The maximum Gasteiger partial charge on any atom is 0.253 e. The molecule has 0 aliphatic rings. The van der Waals surface area contributed by atoms with E-state index in [1.807, 2.05) is 42.5 Å². The number of carbonyl (C=O) groups excluding carboxylic acids is 1. The summed E-state index contributed by atoms with van der Waals surface area (Å²) in [5, 5.41) is 6.68. The summed E-state index contributed by atoms with van der Waals surface area (Å²) in [4.78, 5) is 20.6. The number of rotatable bonds is 9. The number of guanidine groups is 1. The van der Waals surface area contributed by atoms with Crippen LogP contribution in [0.25, 0.3) is 0 Å². The summed E-state index contributed by atoms with van der Waals surface area (Å²) in [6.07, 6.45) is 0.787. The summed E-state index contributed by atoms with van der Waals surface area (Å²) >= 11 is 0. The highest BCUT2D eigenvalue weighted by Gasteiger charge is 2.08. The van der Waals surface area contributed by atoms with Crippen molar-refractivity contribution in [3.05, 3.63) is 65.7 Å². The molecule has 0 fully saturated rings. The Morgan fingerprint density at radius 2 is 1.73 bits per heavy atom. The van der Waals surface area contributed by atoms with Crippen molar-refractivity contribution in [3.63, 3.8) is 0 Å². The number of amides is 1. The van der Waals surface area contributed by atoms with Gasteiger partial charge in [0.15, 0.2) is 5.96 Å². The van der Waals surface area contributed by atoms with Crippen molar-refractivity contribution in [2.75, 3.05) is 52.2 Å². The monoisotopic (exact) mass is 523 g/mol. The highest BCUT2D eigenvalue weighted by atomic mass is 127. The highest BCUT2D eigenvalue weighted by Crippen LogP contribution is 2.10. The van der Waals surface area contributed by atoms with Gasteiger partial charge in [-0.2, -0.15) is 0 Å². The molecule has 0 unspecified atom stereocenters. The van der Waals surface area contributed by atoms with Crippen LogP contribution in [0.2, 0.25) is 0 Å². The predicted octanol–water partition coefficient (Wildman–Crippen LogP) is 3.24. The molecule has 0 aliphatic carbocycles. The van der Waals surface area contributed by atoms with Gasteiger partial charge in [0.05, 0.1) is 0 Å². The molecule has 0 radical (unpaired) electrons. The van der Waals surface area contributed by atoms with Crippen LogP contribution in [-0.4, -0.2) is 64.1 Å². The molecule has 0 aliphatic heterocycles. The Balaban J connectivity index is 0.00000450. The SMILES string of the molecule is CCNC(=NCCc1cccc(C(=O)N(C)C)c1)NCCN(C)c1ccccc1.I. The number of hydrogen-bond donors (Lipinski definition) is 2. The number of halogens is 1. The molecule has 0 aromatic heterocycles. The molecule has 1 amide bonds. The zero-order valence-electron chi connectivity index (χ0n) is 18.4. The molecule has 0 saturated heterocycles. The van der Waals surface area contributed by atoms with Crippen LogP contribution in [0.1, 0.15) is 22.8 Å². The number of likely N-dealkylation sites (N-methyl/N-ethyl adjacent to an activating group) is 1. The van der Waals surface area contributed by atoms with Gasteiger partial charge in [0.25, 0.3) is 5.91 Å². The largest absolute Gasteiger partial charge is 0.373 e. The molecule has 0 heterocycles. The van der Waals surface area contributed by atoms with E-state index in [0.717, 1.165) is 37.6 Å². The zero-order valence-corrected chi connectivity index (χ0v) is 20.7. The Hall–Kier alpha value is -2.29. The number of nitrogens with one attached hydrogen (secondary N) is 2. The van der Waals surface area contributed by atoms with Crippen molar-refractivity contribution >= 4 is 41.5 Å². The second-order valence-electron chi connectivity index (χ2n) is 7.09. The standard InChI is InChI=1S/C23H33N5O.HI/c1-5-24-23(26-16-17-28(4)21-12-7-6-8-13-21)25-15-14-19-10-9-11-20(18-19)22(29)27(2)3;/h6-13,18H,5,14-17H2,1-4H3,(H2,24,25,26);1H. The van der Waals surface area contributed by atoms with Crippen LogP contribution in [-0.2, 0) is 6.42 Å². The molecule has 0 saturated carbocycles. The van der Waals surface area contributed by atoms with Crippen LogP contribution in [0.5, 0.6) is 0 Å². The molecular weight excluding hydrogens is 489 g/mol.